The predicted molar refractivity (Wildman–Crippen MR) is 80.1 cm³/mol. The zero-order chi connectivity index (χ0) is 15.2. The number of hydrogen-bond donors (Lipinski definition) is 2. The summed E-state index contributed by atoms with van der Waals surface area (Å²) < 4.78 is 48.3. The Balaban J connectivity index is 2.64. The molecule has 114 valence electrons. The summed E-state index contributed by atoms with van der Waals surface area (Å²) in [5.41, 5.74) is 0.687. The van der Waals surface area contributed by atoms with Crippen molar-refractivity contribution in [2.75, 3.05) is 30.4 Å². The van der Waals surface area contributed by atoms with Crippen LogP contribution < -0.4 is 10.0 Å². The number of rotatable bonds is 8. The van der Waals surface area contributed by atoms with Crippen LogP contribution >= 0.6 is 0 Å². The summed E-state index contributed by atoms with van der Waals surface area (Å²) in [5.74, 6) is 0.0829. The SMILES string of the molecule is CCCS(=O)(=O)c1ccc(NCCS(=O)(=O)NC)cc1. The summed E-state index contributed by atoms with van der Waals surface area (Å²) in [6, 6.07) is 6.32. The van der Waals surface area contributed by atoms with Crippen molar-refractivity contribution in [3.05, 3.63) is 24.3 Å². The van der Waals surface area contributed by atoms with Gasteiger partial charge in [0.1, 0.15) is 0 Å². The Labute approximate surface area is 120 Å². The van der Waals surface area contributed by atoms with E-state index < -0.39 is 19.9 Å². The minimum Gasteiger partial charge on any atom is -0.384 e. The third kappa shape index (κ3) is 5.10. The smallest absolute Gasteiger partial charge is 0.213 e. The molecule has 1 aromatic carbocycles. The quantitative estimate of drug-likeness (QED) is 0.740. The molecule has 0 aliphatic heterocycles. The third-order valence-electron chi connectivity index (χ3n) is 2.70. The summed E-state index contributed by atoms with van der Waals surface area (Å²) in [4.78, 5) is 0.285. The molecular weight excluding hydrogens is 300 g/mol. The summed E-state index contributed by atoms with van der Waals surface area (Å²) in [5, 5.41) is 2.93. The summed E-state index contributed by atoms with van der Waals surface area (Å²) in [7, 11) is -5.08. The number of sulfonamides is 1. The summed E-state index contributed by atoms with van der Waals surface area (Å²) >= 11 is 0. The standard InChI is InChI=1S/C12H20N2O4S2/c1-3-9-19(15,16)12-6-4-11(5-7-12)14-8-10-20(17,18)13-2/h4-7,13-14H,3,8-10H2,1-2H3. The minimum absolute atomic E-state index is 0.0423. The third-order valence-corrected chi connectivity index (χ3v) is 6.00. The zero-order valence-electron chi connectivity index (χ0n) is 11.6. The molecule has 0 heterocycles. The van der Waals surface area contributed by atoms with Crippen molar-refractivity contribution in [1.82, 2.24) is 4.72 Å². The van der Waals surface area contributed by atoms with Crippen LogP contribution in [0.4, 0.5) is 5.69 Å². The van der Waals surface area contributed by atoms with Gasteiger partial charge in [-0.25, -0.2) is 21.6 Å². The first-order valence-electron chi connectivity index (χ1n) is 6.28. The predicted octanol–water partition coefficient (Wildman–Crippen LogP) is 0.831. The lowest BCUT2D eigenvalue weighted by atomic mass is 10.3. The molecule has 0 saturated heterocycles. The molecule has 20 heavy (non-hydrogen) atoms. The van der Waals surface area contributed by atoms with Crippen LogP contribution in [0.25, 0.3) is 0 Å². The first-order valence-corrected chi connectivity index (χ1v) is 9.59. The molecule has 0 unspecified atom stereocenters. The van der Waals surface area contributed by atoms with Gasteiger partial charge >= 0.3 is 0 Å². The highest BCUT2D eigenvalue weighted by atomic mass is 32.2. The van der Waals surface area contributed by atoms with Crippen LogP contribution in [0.2, 0.25) is 0 Å². The molecule has 0 saturated carbocycles. The fraction of sp³-hybridized carbons (Fsp3) is 0.500. The number of benzene rings is 1. The van der Waals surface area contributed by atoms with Gasteiger partial charge in [-0.2, -0.15) is 0 Å². The van der Waals surface area contributed by atoms with Gasteiger partial charge in [0.25, 0.3) is 0 Å². The van der Waals surface area contributed by atoms with E-state index in [1.807, 2.05) is 6.92 Å². The fourth-order valence-corrected chi connectivity index (χ4v) is 3.50. The first kappa shape index (κ1) is 16.9. The molecule has 0 amide bonds. The van der Waals surface area contributed by atoms with Crippen LogP contribution in [-0.4, -0.2) is 41.9 Å². The molecule has 0 atom stereocenters. The van der Waals surface area contributed by atoms with E-state index in [1.165, 1.54) is 19.2 Å². The summed E-state index contributed by atoms with van der Waals surface area (Å²) in [6.07, 6.45) is 0.574. The topological polar surface area (TPSA) is 92.3 Å². The van der Waals surface area contributed by atoms with Gasteiger partial charge in [-0.1, -0.05) is 6.92 Å². The van der Waals surface area contributed by atoms with Gasteiger partial charge in [0, 0.05) is 12.2 Å². The second kappa shape index (κ2) is 7.05. The van der Waals surface area contributed by atoms with Gasteiger partial charge in [0.15, 0.2) is 9.84 Å². The van der Waals surface area contributed by atoms with Crippen LogP contribution in [0.15, 0.2) is 29.2 Å². The summed E-state index contributed by atoms with van der Waals surface area (Å²) in [6.45, 7) is 2.07. The average molecular weight is 320 g/mol. The van der Waals surface area contributed by atoms with Crippen LogP contribution in [0.1, 0.15) is 13.3 Å². The van der Waals surface area contributed by atoms with E-state index in [1.54, 1.807) is 12.1 Å². The molecule has 0 aromatic heterocycles. The minimum atomic E-state index is -3.24. The Morgan fingerprint density at radius 1 is 1.00 bits per heavy atom. The van der Waals surface area contributed by atoms with Crippen LogP contribution in [-0.2, 0) is 19.9 Å². The first-order chi connectivity index (χ1) is 9.30. The molecule has 0 spiro atoms. The van der Waals surface area contributed by atoms with Gasteiger partial charge in [0.2, 0.25) is 10.0 Å². The van der Waals surface area contributed by atoms with Crippen LogP contribution in [0.3, 0.4) is 0 Å². The van der Waals surface area contributed by atoms with Crippen molar-refractivity contribution < 1.29 is 16.8 Å². The highest BCUT2D eigenvalue weighted by Crippen LogP contribution is 2.15. The lowest BCUT2D eigenvalue weighted by molar-refractivity contribution is 0.588. The van der Waals surface area contributed by atoms with Crippen molar-refractivity contribution in [1.29, 1.82) is 0 Å². The van der Waals surface area contributed by atoms with E-state index in [0.29, 0.717) is 12.1 Å². The van der Waals surface area contributed by atoms with Gasteiger partial charge in [-0.05, 0) is 37.7 Å². The van der Waals surface area contributed by atoms with E-state index >= 15 is 0 Å². The van der Waals surface area contributed by atoms with Crippen LogP contribution in [0, 0.1) is 0 Å². The van der Waals surface area contributed by atoms with Crippen molar-refractivity contribution in [3.8, 4) is 0 Å². The number of anilines is 1. The van der Waals surface area contributed by atoms with Gasteiger partial charge in [-0.3, -0.25) is 0 Å². The zero-order valence-corrected chi connectivity index (χ0v) is 13.2. The molecule has 0 radical (unpaired) electrons. The molecule has 0 aliphatic carbocycles. The maximum absolute atomic E-state index is 11.8. The van der Waals surface area contributed by atoms with E-state index in [-0.39, 0.29) is 22.9 Å². The molecule has 1 rings (SSSR count). The highest BCUT2D eigenvalue weighted by molar-refractivity contribution is 7.91. The number of nitrogens with one attached hydrogen (secondary N) is 2. The van der Waals surface area contributed by atoms with Crippen molar-refractivity contribution in [2.24, 2.45) is 0 Å². The van der Waals surface area contributed by atoms with Gasteiger partial charge < -0.3 is 5.32 Å². The van der Waals surface area contributed by atoms with Gasteiger partial charge in [0.05, 0.1) is 16.4 Å². The van der Waals surface area contributed by atoms with E-state index in [2.05, 4.69) is 10.0 Å². The molecule has 6 nitrogen and oxygen atoms in total. The molecule has 8 heteroatoms. The molecular formula is C12H20N2O4S2. The van der Waals surface area contributed by atoms with E-state index in [9.17, 15) is 16.8 Å². The monoisotopic (exact) mass is 320 g/mol. The second-order valence-electron chi connectivity index (χ2n) is 4.29. The number of sulfone groups is 1. The second-order valence-corrected chi connectivity index (χ2v) is 8.45. The highest BCUT2D eigenvalue weighted by Gasteiger charge is 2.12. The van der Waals surface area contributed by atoms with Crippen molar-refractivity contribution in [2.45, 2.75) is 18.2 Å². The Morgan fingerprint density at radius 2 is 1.60 bits per heavy atom. The molecule has 0 fully saturated rings. The Kier molecular flexibility index (Phi) is 5.97. The molecule has 2 N–H and O–H groups in total. The number of hydrogen-bond acceptors (Lipinski definition) is 5. The Bertz CT molecular complexity index is 622. The maximum atomic E-state index is 11.8. The van der Waals surface area contributed by atoms with E-state index in [0.717, 1.165) is 0 Å². The largest absolute Gasteiger partial charge is 0.384 e. The molecule has 0 bridgehead atoms. The lowest BCUT2D eigenvalue weighted by Crippen LogP contribution is -2.26. The Hall–Kier alpha value is -1.12. The van der Waals surface area contributed by atoms with Crippen molar-refractivity contribution in [3.63, 3.8) is 0 Å². The van der Waals surface area contributed by atoms with Crippen molar-refractivity contribution >= 4 is 25.5 Å². The maximum Gasteiger partial charge on any atom is 0.213 e. The Morgan fingerprint density at radius 3 is 2.10 bits per heavy atom. The van der Waals surface area contributed by atoms with Crippen LogP contribution in [0.5, 0.6) is 0 Å². The normalized spacial score (nSPS) is 12.3. The fourth-order valence-electron chi connectivity index (χ4n) is 1.60. The van der Waals surface area contributed by atoms with Gasteiger partial charge in [-0.15, -0.1) is 0 Å². The molecule has 1 aromatic rings. The lowest BCUT2D eigenvalue weighted by Gasteiger charge is -2.08. The van der Waals surface area contributed by atoms with E-state index in [4.69, 9.17) is 0 Å². The molecule has 0 aliphatic rings. The average Bonchev–Trinajstić information content (AvgIpc) is 2.39.